The molecule has 0 heterocycles. The minimum absolute atomic E-state index is 0.525. The average molecular weight is 246 g/mol. The Hall–Kier alpha value is -1.55. The Morgan fingerprint density at radius 2 is 2.17 bits per heavy atom. The molecule has 2 rings (SSSR count). The number of aliphatic imine (C=N–C) groups is 1. The normalized spacial score (nSPS) is 16.9. The number of rotatable bonds is 3. The molecule has 4 nitrogen and oxygen atoms in total. The van der Waals surface area contributed by atoms with Crippen molar-refractivity contribution in [2.45, 2.75) is 45.2 Å². The van der Waals surface area contributed by atoms with Crippen molar-refractivity contribution in [3.05, 3.63) is 35.4 Å². The summed E-state index contributed by atoms with van der Waals surface area (Å²) >= 11 is 0. The summed E-state index contributed by atoms with van der Waals surface area (Å²) in [5.41, 5.74) is 5.12. The summed E-state index contributed by atoms with van der Waals surface area (Å²) in [4.78, 5) is 4.49. The standard InChI is InChI=1S/C14H22N4/c1-11-5-4-6-12(9-11)10-16-14(18-15)17-13-7-2-3-8-13/h4-6,9,13H,2-3,7-8,10,15H2,1H3,(H2,16,17,18). The maximum absolute atomic E-state index is 5.50. The van der Waals surface area contributed by atoms with E-state index in [0.29, 0.717) is 18.5 Å². The number of nitrogens with one attached hydrogen (secondary N) is 2. The van der Waals surface area contributed by atoms with E-state index in [4.69, 9.17) is 5.84 Å². The molecule has 1 saturated carbocycles. The van der Waals surface area contributed by atoms with Gasteiger partial charge < -0.3 is 5.32 Å². The molecule has 0 radical (unpaired) electrons. The van der Waals surface area contributed by atoms with Crippen molar-refractivity contribution in [3.63, 3.8) is 0 Å². The van der Waals surface area contributed by atoms with Crippen LogP contribution in [0.25, 0.3) is 0 Å². The highest BCUT2D eigenvalue weighted by atomic mass is 15.3. The van der Waals surface area contributed by atoms with Gasteiger partial charge in [0.1, 0.15) is 0 Å². The zero-order valence-electron chi connectivity index (χ0n) is 10.9. The van der Waals surface area contributed by atoms with Gasteiger partial charge in [-0.2, -0.15) is 0 Å². The lowest BCUT2D eigenvalue weighted by Crippen LogP contribution is -2.45. The van der Waals surface area contributed by atoms with Gasteiger partial charge in [0.05, 0.1) is 6.54 Å². The second-order valence-electron chi connectivity index (χ2n) is 4.92. The van der Waals surface area contributed by atoms with E-state index in [1.165, 1.54) is 36.8 Å². The zero-order chi connectivity index (χ0) is 12.8. The first-order valence-electron chi connectivity index (χ1n) is 6.61. The monoisotopic (exact) mass is 246 g/mol. The van der Waals surface area contributed by atoms with Crippen molar-refractivity contribution < 1.29 is 0 Å². The lowest BCUT2D eigenvalue weighted by Gasteiger charge is -2.15. The molecular formula is C14H22N4. The molecule has 0 spiro atoms. The van der Waals surface area contributed by atoms with Gasteiger partial charge in [0.2, 0.25) is 5.96 Å². The number of nitrogens with zero attached hydrogens (tertiary/aromatic N) is 1. The van der Waals surface area contributed by atoms with Gasteiger partial charge in [0.15, 0.2) is 0 Å². The van der Waals surface area contributed by atoms with Crippen LogP contribution < -0.4 is 16.6 Å². The molecule has 1 fully saturated rings. The number of hydrogen-bond acceptors (Lipinski definition) is 2. The Balaban J connectivity index is 1.92. The highest BCUT2D eigenvalue weighted by molar-refractivity contribution is 5.79. The predicted octanol–water partition coefficient (Wildman–Crippen LogP) is 1.85. The fourth-order valence-corrected chi connectivity index (χ4v) is 2.38. The van der Waals surface area contributed by atoms with Crippen LogP contribution in [0, 0.1) is 6.92 Å². The first-order chi connectivity index (χ1) is 8.78. The fraction of sp³-hybridized carbons (Fsp3) is 0.500. The molecule has 0 saturated heterocycles. The van der Waals surface area contributed by atoms with Crippen LogP contribution in [0.3, 0.4) is 0 Å². The topological polar surface area (TPSA) is 62.4 Å². The van der Waals surface area contributed by atoms with Gasteiger partial charge in [-0.1, -0.05) is 42.7 Å². The van der Waals surface area contributed by atoms with Gasteiger partial charge >= 0.3 is 0 Å². The maximum atomic E-state index is 5.50. The van der Waals surface area contributed by atoms with E-state index in [1.54, 1.807) is 0 Å². The van der Waals surface area contributed by atoms with E-state index >= 15 is 0 Å². The van der Waals surface area contributed by atoms with Crippen LogP contribution in [-0.2, 0) is 6.54 Å². The first-order valence-corrected chi connectivity index (χ1v) is 6.61. The van der Waals surface area contributed by atoms with E-state index in [1.807, 2.05) is 0 Å². The van der Waals surface area contributed by atoms with Crippen molar-refractivity contribution in [1.82, 2.24) is 10.7 Å². The van der Waals surface area contributed by atoms with Crippen molar-refractivity contribution in [2.75, 3.05) is 0 Å². The quantitative estimate of drug-likeness (QED) is 0.330. The van der Waals surface area contributed by atoms with Crippen LogP contribution in [0.2, 0.25) is 0 Å². The highest BCUT2D eigenvalue weighted by Crippen LogP contribution is 2.17. The van der Waals surface area contributed by atoms with E-state index in [2.05, 4.69) is 46.9 Å². The van der Waals surface area contributed by atoms with E-state index in [-0.39, 0.29) is 0 Å². The molecule has 0 bridgehead atoms. The van der Waals surface area contributed by atoms with Crippen LogP contribution in [0.1, 0.15) is 36.8 Å². The maximum Gasteiger partial charge on any atom is 0.206 e. The van der Waals surface area contributed by atoms with Crippen LogP contribution >= 0.6 is 0 Å². The van der Waals surface area contributed by atoms with E-state index in [9.17, 15) is 0 Å². The number of hydrazine groups is 1. The van der Waals surface area contributed by atoms with Gasteiger partial charge in [-0.15, -0.1) is 0 Å². The van der Waals surface area contributed by atoms with Gasteiger partial charge in [-0.05, 0) is 25.3 Å². The van der Waals surface area contributed by atoms with Gasteiger partial charge in [0.25, 0.3) is 0 Å². The molecule has 0 atom stereocenters. The molecule has 4 N–H and O–H groups in total. The Bertz CT molecular complexity index is 408. The molecule has 18 heavy (non-hydrogen) atoms. The lowest BCUT2D eigenvalue weighted by molar-refractivity contribution is 0.614. The third kappa shape index (κ3) is 3.74. The molecule has 0 aliphatic heterocycles. The van der Waals surface area contributed by atoms with Crippen LogP contribution in [0.5, 0.6) is 0 Å². The molecule has 1 aromatic carbocycles. The van der Waals surface area contributed by atoms with E-state index in [0.717, 1.165) is 0 Å². The van der Waals surface area contributed by atoms with Crippen molar-refractivity contribution >= 4 is 5.96 Å². The molecule has 98 valence electrons. The summed E-state index contributed by atoms with van der Waals surface area (Å²) in [5, 5.41) is 3.36. The Morgan fingerprint density at radius 1 is 1.39 bits per heavy atom. The van der Waals surface area contributed by atoms with Gasteiger partial charge in [-0.25, -0.2) is 10.8 Å². The third-order valence-electron chi connectivity index (χ3n) is 3.33. The number of benzene rings is 1. The summed E-state index contributed by atoms with van der Waals surface area (Å²) in [6.45, 7) is 2.74. The Labute approximate surface area is 109 Å². The SMILES string of the molecule is Cc1cccc(CN=C(NN)NC2CCCC2)c1. The summed E-state index contributed by atoms with van der Waals surface area (Å²) in [7, 11) is 0. The van der Waals surface area contributed by atoms with Gasteiger partial charge in [0, 0.05) is 6.04 Å². The Kier molecular flexibility index (Phi) is 4.59. The molecule has 1 aromatic rings. The summed E-state index contributed by atoms with van der Waals surface area (Å²) < 4.78 is 0. The fourth-order valence-electron chi connectivity index (χ4n) is 2.38. The minimum atomic E-state index is 0.525. The average Bonchev–Trinajstić information content (AvgIpc) is 2.87. The Morgan fingerprint density at radius 3 is 2.83 bits per heavy atom. The van der Waals surface area contributed by atoms with Crippen molar-refractivity contribution in [3.8, 4) is 0 Å². The lowest BCUT2D eigenvalue weighted by atomic mass is 10.1. The molecule has 1 aliphatic rings. The van der Waals surface area contributed by atoms with E-state index < -0.39 is 0 Å². The van der Waals surface area contributed by atoms with Crippen molar-refractivity contribution in [2.24, 2.45) is 10.8 Å². The largest absolute Gasteiger partial charge is 0.353 e. The van der Waals surface area contributed by atoms with Crippen LogP contribution in [-0.4, -0.2) is 12.0 Å². The minimum Gasteiger partial charge on any atom is -0.353 e. The molecule has 1 aliphatic carbocycles. The summed E-state index contributed by atoms with van der Waals surface area (Å²) in [6, 6.07) is 8.90. The van der Waals surface area contributed by atoms with Crippen LogP contribution in [0.4, 0.5) is 0 Å². The molecular weight excluding hydrogens is 224 g/mol. The summed E-state index contributed by atoms with van der Waals surface area (Å²) in [5.74, 6) is 6.20. The van der Waals surface area contributed by atoms with Crippen molar-refractivity contribution in [1.29, 1.82) is 0 Å². The second-order valence-corrected chi connectivity index (χ2v) is 4.92. The summed E-state index contributed by atoms with van der Waals surface area (Å²) in [6.07, 6.45) is 5.02. The highest BCUT2D eigenvalue weighted by Gasteiger charge is 2.15. The third-order valence-corrected chi connectivity index (χ3v) is 3.33. The van der Waals surface area contributed by atoms with Gasteiger partial charge in [-0.3, -0.25) is 5.43 Å². The number of aryl methyl sites for hydroxylation is 1. The molecule has 0 amide bonds. The first kappa shape index (κ1) is 12.9. The van der Waals surface area contributed by atoms with Crippen LogP contribution in [0.15, 0.2) is 29.3 Å². The zero-order valence-corrected chi connectivity index (χ0v) is 10.9. The molecule has 0 aromatic heterocycles. The number of nitrogens with two attached hydrogens (primary N) is 1. The number of guanidine groups is 1. The second kappa shape index (κ2) is 6.40. The molecule has 4 heteroatoms. The smallest absolute Gasteiger partial charge is 0.206 e. The predicted molar refractivity (Wildman–Crippen MR) is 75.0 cm³/mol. The number of hydrogen-bond donors (Lipinski definition) is 3. The molecule has 0 unspecified atom stereocenters.